The highest BCUT2D eigenvalue weighted by Crippen LogP contribution is 2.29. The number of aromatic nitrogens is 2. The summed E-state index contributed by atoms with van der Waals surface area (Å²) in [6.07, 6.45) is 2.09. The van der Waals surface area contributed by atoms with Crippen LogP contribution in [0.3, 0.4) is 0 Å². The monoisotopic (exact) mass is 372 g/mol. The number of anilines is 1. The van der Waals surface area contributed by atoms with Crippen molar-refractivity contribution in [2.75, 3.05) is 5.43 Å². The van der Waals surface area contributed by atoms with Gasteiger partial charge in [0.15, 0.2) is 5.82 Å². The summed E-state index contributed by atoms with van der Waals surface area (Å²) in [6, 6.07) is 22.8. The summed E-state index contributed by atoms with van der Waals surface area (Å²) >= 11 is 0. The fourth-order valence-corrected chi connectivity index (χ4v) is 3.07. The largest absolute Gasteiger partial charge is 0.260 e. The average molecular weight is 373 g/mol. The summed E-state index contributed by atoms with van der Waals surface area (Å²) < 4.78 is 0. The third kappa shape index (κ3) is 4.45. The number of hydrogen-bond acceptors (Lipinski definition) is 4. The zero-order chi connectivity index (χ0) is 20.0. The van der Waals surface area contributed by atoms with Gasteiger partial charge in [0, 0.05) is 5.41 Å². The van der Waals surface area contributed by atoms with Gasteiger partial charge in [0.05, 0.1) is 11.4 Å². The maximum Gasteiger partial charge on any atom is 0.168 e. The lowest BCUT2D eigenvalue weighted by atomic mass is 9.81. The SMILES string of the molecule is CCC(C)(CC)c1ccc(NN=C(C)c2ccc(-c3ccccc3)cc2)nn1. The molecule has 0 aliphatic rings. The van der Waals surface area contributed by atoms with Gasteiger partial charge in [-0.3, -0.25) is 5.43 Å². The van der Waals surface area contributed by atoms with Gasteiger partial charge in [-0.2, -0.15) is 10.2 Å². The average Bonchev–Trinajstić information content (AvgIpc) is 2.78. The second-order valence-electron chi connectivity index (χ2n) is 7.32. The van der Waals surface area contributed by atoms with Gasteiger partial charge < -0.3 is 0 Å². The number of rotatable bonds is 7. The lowest BCUT2D eigenvalue weighted by molar-refractivity contribution is 0.421. The molecular weight excluding hydrogens is 344 g/mol. The van der Waals surface area contributed by atoms with E-state index in [0.29, 0.717) is 5.82 Å². The summed E-state index contributed by atoms with van der Waals surface area (Å²) in [5.41, 5.74) is 8.50. The highest BCUT2D eigenvalue weighted by molar-refractivity contribution is 5.99. The third-order valence-electron chi connectivity index (χ3n) is 5.59. The van der Waals surface area contributed by atoms with Crippen LogP contribution in [0.25, 0.3) is 11.1 Å². The summed E-state index contributed by atoms with van der Waals surface area (Å²) in [6.45, 7) is 8.59. The van der Waals surface area contributed by atoms with Crippen LogP contribution in [0.4, 0.5) is 5.82 Å². The first kappa shape index (κ1) is 19.7. The van der Waals surface area contributed by atoms with Gasteiger partial charge >= 0.3 is 0 Å². The molecule has 3 aromatic rings. The van der Waals surface area contributed by atoms with Crippen molar-refractivity contribution in [3.63, 3.8) is 0 Å². The normalized spacial score (nSPS) is 12.1. The van der Waals surface area contributed by atoms with Gasteiger partial charge in [-0.1, -0.05) is 75.4 Å². The molecule has 3 rings (SSSR count). The zero-order valence-electron chi connectivity index (χ0n) is 17.1. The first-order chi connectivity index (χ1) is 13.6. The molecule has 28 heavy (non-hydrogen) atoms. The van der Waals surface area contributed by atoms with Gasteiger partial charge in [0.2, 0.25) is 0 Å². The van der Waals surface area contributed by atoms with Crippen LogP contribution in [0.5, 0.6) is 0 Å². The molecule has 4 nitrogen and oxygen atoms in total. The van der Waals surface area contributed by atoms with E-state index in [9.17, 15) is 0 Å². The van der Waals surface area contributed by atoms with Crippen LogP contribution < -0.4 is 5.43 Å². The highest BCUT2D eigenvalue weighted by atomic mass is 15.3. The minimum absolute atomic E-state index is 0.0746. The summed E-state index contributed by atoms with van der Waals surface area (Å²) in [4.78, 5) is 0. The van der Waals surface area contributed by atoms with E-state index in [1.165, 1.54) is 11.1 Å². The molecule has 0 aliphatic heterocycles. The Balaban J connectivity index is 1.69. The van der Waals surface area contributed by atoms with Crippen molar-refractivity contribution < 1.29 is 0 Å². The van der Waals surface area contributed by atoms with Crippen LogP contribution in [0.2, 0.25) is 0 Å². The highest BCUT2D eigenvalue weighted by Gasteiger charge is 2.24. The lowest BCUT2D eigenvalue weighted by Crippen LogP contribution is -2.21. The summed E-state index contributed by atoms with van der Waals surface area (Å²) in [5, 5.41) is 13.2. The molecule has 0 spiro atoms. The van der Waals surface area contributed by atoms with Crippen LogP contribution in [-0.4, -0.2) is 15.9 Å². The number of hydrazone groups is 1. The Hall–Kier alpha value is -3.01. The molecule has 0 atom stereocenters. The fourth-order valence-electron chi connectivity index (χ4n) is 3.07. The van der Waals surface area contributed by atoms with Crippen LogP contribution in [-0.2, 0) is 5.41 Å². The van der Waals surface area contributed by atoms with Crippen LogP contribution in [0, 0.1) is 0 Å². The predicted octanol–water partition coefficient (Wildman–Crippen LogP) is 6.06. The molecule has 0 radical (unpaired) electrons. The maximum absolute atomic E-state index is 4.46. The zero-order valence-corrected chi connectivity index (χ0v) is 17.1. The molecule has 0 unspecified atom stereocenters. The quantitative estimate of drug-likeness (QED) is 0.405. The summed E-state index contributed by atoms with van der Waals surface area (Å²) in [7, 11) is 0. The van der Waals surface area contributed by atoms with Gasteiger partial charge in [-0.15, -0.1) is 5.10 Å². The Morgan fingerprint density at radius 3 is 2.07 bits per heavy atom. The fraction of sp³-hybridized carbons (Fsp3) is 0.292. The molecule has 1 N–H and O–H groups in total. The van der Waals surface area contributed by atoms with Crippen LogP contribution in [0.15, 0.2) is 71.8 Å². The topological polar surface area (TPSA) is 50.2 Å². The summed E-state index contributed by atoms with van der Waals surface area (Å²) in [5.74, 6) is 0.651. The molecular formula is C24H28N4. The van der Waals surface area contributed by atoms with E-state index >= 15 is 0 Å². The van der Waals surface area contributed by atoms with Crippen molar-refractivity contribution in [2.45, 2.75) is 46.0 Å². The van der Waals surface area contributed by atoms with E-state index in [-0.39, 0.29) is 5.41 Å². The van der Waals surface area contributed by atoms with E-state index in [1.807, 2.05) is 25.1 Å². The second-order valence-corrected chi connectivity index (χ2v) is 7.32. The molecule has 1 heterocycles. The molecule has 4 heteroatoms. The molecule has 144 valence electrons. The third-order valence-corrected chi connectivity index (χ3v) is 5.59. The first-order valence-electron chi connectivity index (χ1n) is 9.86. The van der Waals surface area contributed by atoms with Crippen molar-refractivity contribution in [3.8, 4) is 11.1 Å². The van der Waals surface area contributed by atoms with Crippen molar-refractivity contribution in [1.82, 2.24) is 10.2 Å². The Bertz CT molecular complexity index is 909. The van der Waals surface area contributed by atoms with Gasteiger partial charge in [0.25, 0.3) is 0 Å². The van der Waals surface area contributed by atoms with Gasteiger partial charge in [0.1, 0.15) is 0 Å². The predicted molar refractivity (Wildman–Crippen MR) is 118 cm³/mol. The number of nitrogens with zero attached hydrogens (tertiary/aromatic N) is 3. The maximum atomic E-state index is 4.46. The van der Waals surface area contributed by atoms with Crippen LogP contribution in [0.1, 0.15) is 51.8 Å². The standard InChI is InChI=1S/C24H28N4/c1-5-24(4,6-2)22-16-17-23(28-26-22)27-25-18(3)19-12-14-21(15-13-19)20-10-8-7-9-11-20/h7-17H,5-6H2,1-4H3,(H,27,28). The minimum atomic E-state index is 0.0746. The Morgan fingerprint density at radius 1 is 0.857 bits per heavy atom. The molecule has 1 aromatic heterocycles. The lowest BCUT2D eigenvalue weighted by Gasteiger charge is -2.25. The second kappa shape index (κ2) is 8.79. The van der Waals surface area contributed by atoms with Crippen LogP contribution >= 0.6 is 0 Å². The van der Waals surface area contributed by atoms with Gasteiger partial charge in [-0.25, -0.2) is 0 Å². The van der Waals surface area contributed by atoms with Crippen molar-refractivity contribution in [1.29, 1.82) is 0 Å². The Kier molecular flexibility index (Phi) is 6.19. The molecule has 0 saturated heterocycles. The molecule has 0 saturated carbocycles. The van der Waals surface area contributed by atoms with E-state index < -0.39 is 0 Å². The Morgan fingerprint density at radius 2 is 1.50 bits per heavy atom. The van der Waals surface area contributed by atoms with E-state index in [2.05, 4.69) is 90.0 Å². The van der Waals surface area contributed by atoms with Gasteiger partial charge in [-0.05, 0) is 48.6 Å². The molecule has 0 amide bonds. The van der Waals surface area contributed by atoms with E-state index in [4.69, 9.17) is 0 Å². The number of nitrogens with one attached hydrogen (secondary N) is 1. The molecule has 0 fully saturated rings. The smallest absolute Gasteiger partial charge is 0.168 e. The first-order valence-corrected chi connectivity index (χ1v) is 9.86. The number of benzene rings is 2. The van der Waals surface area contributed by atoms with Crippen molar-refractivity contribution in [3.05, 3.63) is 78.0 Å². The Labute approximate surface area is 167 Å². The van der Waals surface area contributed by atoms with E-state index in [1.54, 1.807) is 0 Å². The number of hydrogen-bond donors (Lipinski definition) is 1. The van der Waals surface area contributed by atoms with Crippen molar-refractivity contribution in [2.24, 2.45) is 5.10 Å². The van der Waals surface area contributed by atoms with E-state index in [0.717, 1.165) is 29.8 Å². The molecule has 0 bridgehead atoms. The minimum Gasteiger partial charge on any atom is -0.260 e. The van der Waals surface area contributed by atoms with Crippen molar-refractivity contribution >= 4 is 11.5 Å². The molecule has 2 aromatic carbocycles. The molecule has 0 aliphatic carbocycles.